The summed E-state index contributed by atoms with van der Waals surface area (Å²) in [6, 6.07) is 2.79. The molecule has 2 amide bonds. The van der Waals surface area contributed by atoms with E-state index in [1.807, 2.05) is 6.92 Å². The quantitative estimate of drug-likeness (QED) is 0.707. The van der Waals surface area contributed by atoms with Crippen LogP contribution in [-0.2, 0) is 6.54 Å². The van der Waals surface area contributed by atoms with E-state index < -0.39 is 5.97 Å². The van der Waals surface area contributed by atoms with Crippen LogP contribution >= 0.6 is 0 Å². The summed E-state index contributed by atoms with van der Waals surface area (Å²) in [6.45, 7) is 4.26. The molecule has 0 saturated carbocycles. The second-order valence-electron chi connectivity index (χ2n) is 4.29. The molecule has 1 heterocycles. The van der Waals surface area contributed by atoms with E-state index in [-0.39, 0.29) is 24.4 Å². The van der Waals surface area contributed by atoms with Gasteiger partial charge in [-0.05, 0) is 25.0 Å². The van der Waals surface area contributed by atoms with Gasteiger partial charge in [-0.2, -0.15) is 0 Å². The molecule has 0 aromatic carbocycles. The summed E-state index contributed by atoms with van der Waals surface area (Å²) in [4.78, 5) is 22.2. The summed E-state index contributed by atoms with van der Waals surface area (Å²) < 4.78 is 5.03. The van der Waals surface area contributed by atoms with Gasteiger partial charge in [0.15, 0.2) is 0 Å². The Kier molecular flexibility index (Phi) is 5.92. The Bertz CT molecular complexity index is 428. The minimum Gasteiger partial charge on any atom is -0.475 e. The van der Waals surface area contributed by atoms with Gasteiger partial charge in [-0.15, -0.1) is 0 Å². The zero-order valence-electron chi connectivity index (χ0n) is 11.2. The number of carboxylic acid groups (broad SMARTS) is 1. The monoisotopic (exact) mass is 268 g/mol. The molecule has 0 aliphatic carbocycles. The maximum atomic E-state index is 11.6. The normalized spacial score (nSPS) is 11.9. The van der Waals surface area contributed by atoms with E-state index in [2.05, 4.69) is 17.6 Å². The van der Waals surface area contributed by atoms with E-state index in [0.29, 0.717) is 5.76 Å². The molecule has 1 aromatic rings. The smallest absolute Gasteiger partial charge is 0.371 e. The second-order valence-corrected chi connectivity index (χ2v) is 4.29. The zero-order chi connectivity index (χ0) is 14.3. The SMILES string of the molecule is CCCC(CC)NC(=O)NCc1ccc(C(=O)O)o1. The zero-order valence-corrected chi connectivity index (χ0v) is 11.2. The average molecular weight is 268 g/mol. The highest BCUT2D eigenvalue weighted by Crippen LogP contribution is 2.07. The van der Waals surface area contributed by atoms with Gasteiger partial charge in [-0.1, -0.05) is 20.3 Å². The molecule has 0 saturated heterocycles. The Labute approximate surface area is 112 Å². The fraction of sp³-hybridized carbons (Fsp3) is 0.538. The lowest BCUT2D eigenvalue weighted by Gasteiger charge is -2.16. The Morgan fingerprint density at radius 3 is 2.63 bits per heavy atom. The van der Waals surface area contributed by atoms with Crippen molar-refractivity contribution in [2.75, 3.05) is 0 Å². The molecule has 0 bridgehead atoms. The van der Waals surface area contributed by atoms with Crippen LogP contribution in [0, 0.1) is 0 Å². The van der Waals surface area contributed by atoms with Gasteiger partial charge in [0, 0.05) is 6.04 Å². The van der Waals surface area contributed by atoms with E-state index in [1.165, 1.54) is 12.1 Å². The van der Waals surface area contributed by atoms with Crippen LogP contribution < -0.4 is 10.6 Å². The fourth-order valence-electron chi connectivity index (χ4n) is 1.72. The number of rotatable bonds is 7. The Balaban J connectivity index is 2.38. The third-order valence-corrected chi connectivity index (χ3v) is 2.76. The molecule has 0 radical (unpaired) electrons. The van der Waals surface area contributed by atoms with Gasteiger partial charge < -0.3 is 20.2 Å². The van der Waals surface area contributed by atoms with Crippen molar-refractivity contribution in [2.24, 2.45) is 0 Å². The number of carboxylic acids is 1. The van der Waals surface area contributed by atoms with Crippen LogP contribution in [0.1, 0.15) is 49.4 Å². The first-order valence-corrected chi connectivity index (χ1v) is 6.43. The molecule has 0 spiro atoms. The molecule has 0 aliphatic rings. The van der Waals surface area contributed by atoms with Gasteiger partial charge in [0.05, 0.1) is 6.54 Å². The Hall–Kier alpha value is -1.98. The summed E-state index contributed by atoms with van der Waals surface area (Å²) >= 11 is 0. The Morgan fingerprint density at radius 2 is 2.11 bits per heavy atom. The van der Waals surface area contributed by atoms with Crippen LogP contribution in [-0.4, -0.2) is 23.1 Å². The average Bonchev–Trinajstić information content (AvgIpc) is 2.84. The largest absolute Gasteiger partial charge is 0.475 e. The van der Waals surface area contributed by atoms with Crippen molar-refractivity contribution in [1.82, 2.24) is 10.6 Å². The topological polar surface area (TPSA) is 91.6 Å². The summed E-state index contributed by atoms with van der Waals surface area (Å²) in [5.74, 6) is -0.838. The summed E-state index contributed by atoms with van der Waals surface area (Å²) in [5.41, 5.74) is 0. The summed E-state index contributed by atoms with van der Waals surface area (Å²) in [7, 11) is 0. The van der Waals surface area contributed by atoms with Crippen LogP contribution in [0.5, 0.6) is 0 Å². The van der Waals surface area contributed by atoms with E-state index in [4.69, 9.17) is 9.52 Å². The summed E-state index contributed by atoms with van der Waals surface area (Å²) in [6.07, 6.45) is 2.83. The van der Waals surface area contributed by atoms with Gasteiger partial charge in [-0.25, -0.2) is 9.59 Å². The van der Waals surface area contributed by atoms with Crippen molar-refractivity contribution in [1.29, 1.82) is 0 Å². The van der Waals surface area contributed by atoms with E-state index in [1.54, 1.807) is 0 Å². The highest BCUT2D eigenvalue weighted by molar-refractivity contribution is 5.84. The Morgan fingerprint density at radius 1 is 1.37 bits per heavy atom. The van der Waals surface area contributed by atoms with E-state index >= 15 is 0 Å². The molecule has 1 rings (SSSR count). The van der Waals surface area contributed by atoms with Gasteiger partial charge >= 0.3 is 12.0 Å². The summed E-state index contributed by atoms with van der Waals surface area (Å²) in [5, 5.41) is 14.2. The molecule has 1 atom stereocenters. The van der Waals surface area contributed by atoms with Crippen molar-refractivity contribution in [3.05, 3.63) is 23.7 Å². The number of nitrogens with one attached hydrogen (secondary N) is 2. The number of carbonyl (C=O) groups is 2. The third-order valence-electron chi connectivity index (χ3n) is 2.76. The number of aromatic carboxylic acids is 1. The first-order valence-electron chi connectivity index (χ1n) is 6.43. The molecule has 106 valence electrons. The van der Waals surface area contributed by atoms with Crippen LogP contribution in [0.15, 0.2) is 16.5 Å². The predicted molar refractivity (Wildman–Crippen MR) is 70.0 cm³/mol. The lowest BCUT2D eigenvalue weighted by atomic mass is 10.1. The van der Waals surface area contributed by atoms with Crippen molar-refractivity contribution >= 4 is 12.0 Å². The number of urea groups is 1. The maximum Gasteiger partial charge on any atom is 0.371 e. The van der Waals surface area contributed by atoms with Gasteiger partial charge in [0.25, 0.3) is 0 Å². The highest BCUT2D eigenvalue weighted by atomic mass is 16.4. The van der Waals surface area contributed by atoms with Crippen molar-refractivity contribution < 1.29 is 19.1 Å². The lowest BCUT2D eigenvalue weighted by Crippen LogP contribution is -2.41. The number of carbonyl (C=O) groups excluding carboxylic acids is 1. The van der Waals surface area contributed by atoms with Gasteiger partial charge in [0.2, 0.25) is 5.76 Å². The minimum absolute atomic E-state index is 0.130. The molecule has 0 fully saturated rings. The lowest BCUT2D eigenvalue weighted by molar-refractivity contribution is 0.0660. The maximum absolute atomic E-state index is 11.6. The molecular weight excluding hydrogens is 248 g/mol. The third kappa shape index (κ3) is 5.03. The number of hydrogen-bond acceptors (Lipinski definition) is 3. The van der Waals surface area contributed by atoms with Gasteiger partial charge in [-0.3, -0.25) is 0 Å². The molecule has 0 aliphatic heterocycles. The standard InChI is InChI=1S/C13H20N2O4/c1-3-5-9(4-2)15-13(18)14-8-10-6-7-11(19-10)12(16)17/h6-7,9H,3-5,8H2,1-2H3,(H,16,17)(H2,14,15,18). The first kappa shape index (κ1) is 15.1. The molecule has 6 heteroatoms. The highest BCUT2D eigenvalue weighted by Gasteiger charge is 2.11. The predicted octanol–water partition coefficient (Wildman–Crippen LogP) is 2.36. The first-order chi connectivity index (χ1) is 9.06. The second kappa shape index (κ2) is 7.45. The van der Waals surface area contributed by atoms with Crippen LogP contribution in [0.2, 0.25) is 0 Å². The van der Waals surface area contributed by atoms with Crippen LogP contribution in [0.3, 0.4) is 0 Å². The van der Waals surface area contributed by atoms with Crippen molar-refractivity contribution in [3.8, 4) is 0 Å². The van der Waals surface area contributed by atoms with E-state index in [0.717, 1.165) is 19.3 Å². The molecule has 3 N–H and O–H groups in total. The van der Waals surface area contributed by atoms with Crippen LogP contribution in [0.4, 0.5) is 4.79 Å². The molecule has 1 aromatic heterocycles. The molecule has 6 nitrogen and oxygen atoms in total. The molecule has 19 heavy (non-hydrogen) atoms. The van der Waals surface area contributed by atoms with Gasteiger partial charge in [0.1, 0.15) is 5.76 Å². The van der Waals surface area contributed by atoms with Crippen LogP contribution in [0.25, 0.3) is 0 Å². The van der Waals surface area contributed by atoms with Crippen molar-refractivity contribution in [2.45, 2.75) is 45.7 Å². The molecular formula is C13H20N2O4. The fourth-order valence-corrected chi connectivity index (χ4v) is 1.72. The van der Waals surface area contributed by atoms with Crippen molar-refractivity contribution in [3.63, 3.8) is 0 Å². The number of amides is 2. The van der Waals surface area contributed by atoms with E-state index in [9.17, 15) is 9.59 Å². The number of furan rings is 1. The number of hydrogen-bond donors (Lipinski definition) is 3. The minimum atomic E-state index is -1.12. The molecule has 1 unspecified atom stereocenters.